The molecule has 31 heavy (non-hydrogen) atoms. The van der Waals surface area contributed by atoms with Crippen LogP contribution in [0.2, 0.25) is 0 Å². The molecule has 0 bridgehead atoms. The molecule has 7 heteroatoms. The number of halogens is 1. The van der Waals surface area contributed by atoms with E-state index in [9.17, 15) is 0 Å². The number of hydrogen-bond acceptors (Lipinski definition) is 3. The molecule has 2 aliphatic rings. The largest absolute Gasteiger partial charge is 0.376 e. The molecule has 6 nitrogen and oxygen atoms in total. The topological polar surface area (TPSA) is 51.0 Å². The lowest BCUT2D eigenvalue weighted by molar-refractivity contribution is -0.0721. The number of fused-ring (bicyclic) bond motifs is 1. The summed E-state index contributed by atoms with van der Waals surface area (Å²) in [6.07, 6.45) is 9.65. The number of para-hydroxylation sites is 1. The van der Waals surface area contributed by atoms with Gasteiger partial charge in [-0.15, -0.1) is 24.0 Å². The highest BCUT2D eigenvalue weighted by Gasteiger charge is 2.23. The van der Waals surface area contributed by atoms with Crippen LogP contribution in [0, 0.1) is 0 Å². The Morgan fingerprint density at radius 2 is 2.00 bits per heavy atom. The number of guanidine groups is 1. The molecule has 2 aliphatic heterocycles. The molecule has 4 rings (SSSR count). The van der Waals surface area contributed by atoms with Gasteiger partial charge in [0.25, 0.3) is 0 Å². The molecule has 172 valence electrons. The maximum atomic E-state index is 6.14. The second-order valence-corrected chi connectivity index (χ2v) is 8.40. The number of benzene rings is 1. The number of hydrogen-bond donors (Lipinski definition) is 1. The van der Waals surface area contributed by atoms with E-state index < -0.39 is 0 Å². The lowest BCUT2D eigenvalue weighted by Gasteiger charge is -2.35. The summed E-state index contributed by atoms with van der Waals surface area (Å²) < 4.78 is 14.3. The number of aromatic nitrogens is 1. The van der Waals surface area contributed by atoms with Crippen molar-refractivity contribution in [2.75, 3.05) is 39.9 Å². The van der Waals surface area contributed by atoms with E-state index in [4.69, 9.17) is 9.47 Å². The average Bonchev–Trinajstić information content (AvgIpc) is 3.22. The fourth-order valence-electron chi connectivity index (χ4n) is 4.53. The molecule has 1 N–H and O–H groups in total. The van der Waals surface area contributed by atoms with Gasteiger partial charge in [0.2, 0.25) is 0 Å². The van der Waals surface area contributed by atoms with Gasteiger partial charge in [-0.1, -0.05) is 18.2 Å². The first-order valence-corrected chi connectivity index (χ1v) is 11.6. The Morgan fingerprint density at radius 3 is 2.77 bits per heavy atom. The summed E-state index contributed by atoms with van der Waals surface area (Å²) in [5.74, 6) is 1.02. The predicted octanol–water partition coefficient (Wildman–Crippen LogP) is 4.27. The number of piperidine rings is 1. The van der Waals surface area contributed by atoms with E-state index in [0.717, 1.165) is 71.0 Å². The highest BCUT2D eigenvalue weighted by molar-refractivity contribution is 14.0. The lowest BCUT2D eigenvalue weighted by atomic mass is 10.1. The Hall–Kier alpha value is -1.32. The van der Waals surface area contributed by atoms with Crippen LogP contribution in [-0.4, -0.2) is 67.5 Å². The Balaban J connectivity index is 0.00000272. The highest BCUT2D eigenvalue weighted by atomic mass is 127. The molecule has 1 aromatic heterocycles. The maximum absolute atomic E-state index is 6.14. The fourth-order valence-corrected chi connectivity index (χ4v) is 4.53. The van der Waals surface area contributed by atoms with E-state index in [1.807, 2.05) is 7.05 Å². The van der Waals surface area contributed by atoms with Crippen molar-refractivity contribution in [1.29, 1.82) is 0 Å². The molecule has 1 atom stereocenters. The molecule has 2 aromatic rings. The van der Waals surface area contributed by atoms with Gasteiger partial charge in [0, 0.05) is 51.5 Å². The van der Waals surface area contributed by atoms with Gasteiger partial charge in [-0.25, -0.2) is 0 Å². The first-order valence-electron chi connectivity index (χ1n) is 11.6. The van der Waals surface area contributed by atoms with Gasteiger partial charge in [-0.2, -0.15) is 0 Å². The summed E-state index contributed by atoms with van der Waals surface area (Å²) >= 11 is 0. The Kier molecular flexibility index (Phi) is 9.93. The Morgan fingerprint density at radius 1 is 1.16 bits per heavy atom. The summed E-state index contributed by atoms with van der Waals surface area (Å²) in [5.41, 5.74) is 1.31. The number of nitrogens with zero attached hydrogens (tertiary/aromatic N) is 3. The van der Waals surface area contributed by atoms with Crippen molar-refractivity contribution >= 4 is 40.8 Å². The third-order valence-corrected chi connectivity index (χ3v) is 6.28. The SMILES string of the molecule is CN=C(NCCCn1ccc2ccccc21)N1CCC(OCC2CCCCO2)CC1.I. The molecule has 2 fully saturated rings. The van der Waals surface area contributed by atoms with Gasteiger partial charge < -0.3 is 24.3 Å². The van der Waals surface area contributed by atoms with Gasteiger partial charge >= 0.3 is 0 Å². The molecule has 1 unspecified atom stereocenters. The van der Waals surface area contributed by atoms with Gasteiger partial charge in [0.1, 0.15) is 0 Å². The Labute approximate surface area is 203 Å². The van der Waals surface area contributed by atoms with Crippen molar-refractivity contribution in [2.24, 2.45) is 4.99 Å². The molecule has 3 heterocycles. The van der Waals surface area contributed by atoms with Crippen LogP contribution >= 0.6 is 24.0 Å². The molecule has 1 aromatic carbocycles. The van der Waals surface area contributed by atoms with Gasteiger partial charge in [-0.05, 0) is 56.0 Å². The lowest BCUT2D eigenvalue weighted by Crippen LogP contribution is -2.47. The van der Waals surface area contributed by atoms with E-state index in [1.165, 1.54) is 23.7 Å². The third-order valence-electron chi connectivity index (χ3n) is 6.28. The van der Waals surface area contributed by atoms with Crippen LogP contribution < -0.4 is 5.32 Å². The standard InChI is InChI=1S/C24H36N4O2.HI/c1-25-24(26-13-6-14-27-15-10-20-7-2-3-9-23(20)27)28-16-11-21(12-17-28)30-19-22-8-4-5-18-29-22;/h2-3,7,9-10,15,21-22H,4-6,8,11-14,16-19H2,1H3,(H,25,26);1H. The first-order chi connectivity index (χ1) is 14.8. The molecule has 0 aliphatic carbocycles. The van der Waals surface area contributed by atoms with Crippen molar-refractivity contribution in [3.8, 4) is 0 Å². The molecule has 0 saturated carbocycles. The Bertz CT molecular complexity index is 811. The first kappa shape index (κ1) is 24.3. The quantitative estimate of drug-likeness (QED) is 0.247. The van der Waals surface area contributed by atoms with Crippen LogP contribution in [-0.2, 0) is 16.0 Å². The minimum Gasteiger partial charge on any atom is -0.376 e. The number of nitrogens with one attached hydrogen (secondary N) is 1. The zero-order chi connectivity index (χ0) is 20.6. The fraction of sp³-hybridized carbons (Fsp3) is 0.625. The van der Waals surface area contributed by atoms with Crippen molar-refractivity contribution < 1.29 is 9.47 Å². The van der Waals surface area contributed by atoms with Gasteiger partial charge in [0.15, 0.2) is 5.96 Å². The number of aryl methyl sites for hydroxylation is 1. The zero-order valence-electron chi connectivity index (χ0n) is 18.7. The van der Waals surface area contributed by atoms with Crippen molar-refractivity contribution in [3.05, 3.63) is 36.5 Å². The average molecular weight is 540 g/mol. The monoisotopic (exact) mass is 540 g/mol. The number of aliphatic imine (C=N–C) groups is 1. The molecular weight excluding hydrogens is 503 g/mol. The summed E-state index contributed by atoms with van der Waals surface area (Å²) in [6.45, 7) is 5.59. The number of rotatable bonds is 7. The van der Waals surface area contributed by atoms with Gasteiger partial charge in [0.05, 0.1) is 18.8 Å². The zero-order valence-corrected chi connectivity index (χ0v) is 21.0. The van der Waals surface area contributed by atoms with E-state index >= 15 is 0 Å². The maximum Gasteiger partial charge on any atom is 0.193 e. The normalized spacial score (nSPS) is 20.6. The summed E-state index contributed by atoms with van der Waals surface area (Å²) in [4.78, 5) is 6.87. The minimum atomic E-state index is 0. The summed E-state index contributed by atoms with van der Waals surface area (Å²) in [6, 6.07) is 10.7. The second-order valence-electron chi connectivity index (χ2n) is 8.40. The smallest absolute Gasteiger partial charge is 0.193 e. The van der Waals surface area contributed by atoms with Crippen molar-refractivity contribution in [3.63, 3.8) is 0 Å². The van der Waals surface area contributed by atoms with E-state index in [0.29, 0.717) is 12.2 Å². The van der Waals surface area contributed by atoms with Gasteiger partial charge in [-0.3, -0.25) is 4.99 Å². The number of ether oxygens (including phenoxy) is 2. The predicted molar refractivity (Wildman–Crippen MR) is 137 cm³/mol. The van der Waals surface area contributed by atoms with Crippen LogP contribution in [0.15, 0.2) is 41.5 Å². The molecule has 0 spiro atoms. The minimum absolute atomic E-state index is 0. The van der Waals surface area contributed by atoms with Crippen LogP contribution in [0.5, 0.6) is 0 Å². The second kappa shape index (κ2) is 12.6. The van der Waals surface area contributed by atoms with Crippen molar-refractivity contribution in [1.82, 2.24) is 14.8 Å². The molecule has 0 radical (unpaired) electrons. The summed E-state index contributed by atoms with van der Waals surface area (Å²) in [7, 11) is 1.88. The molecular formula is C24H37IN4O2. The van der Waals surface area contributed by atoms with E-state index in [1.54, 1.807) is 0 Å². The number of likely N-dealkylation sites (tertiary alicyclic amines) is 1. The van der Waals surface area contributed by atoms with Crippen LogP contribution in [0.25, 0.3) is 10.9 Å². The molecule has 0 amide bonds. The van der Waals surface area contributed by atoms with Crippen molar-refractivity contribution in [2.45, 2.75) is 57.3 Å². The van der Waals surface area contributed by atoms with E-state index in [2.05, 4.69) is 56.3 Å². The summed E-state index contributed by atoms with van der Waals surface area (Å²) in [5, 5.41) is 4.86. The third kappa shape index (κ3) is 6.83. The van der Waals surface area contributed by atoms with E-state index in [-0.39, 0.29) is 24.0 Å². The van der Waals surface area contributed by atoms with Crippen LogP contribution in [0.1, 0.15) is 38.5 Å². The highest BCUT2D eigenvalue weighted by Crippen LogP contribution is 2.18. The molecule has 2 saturated heterocycles. The van der Waals surface area contributed by atoms with Crippen LogP contribution in [0.3, 0.4) is 0 Å². The van der Waals surface area contributed by atoms with Crippen LogP contribution in [0.4, 0.5) is 0 Å².